The van der Waals surface area contributed by atoms with Crippen LogP contribution >= 0.6 is 0 Å². The second-order valence-corrected chi connectivity index (χ2v) is 4.04. The zero-order chi connectivity index (χ0) is 10.1. The number of hydrogen-bond acceptors (Lipinski definition) is 2. The van der Waals surface area contributed by atoms with Crippen molar-refractivity contribution in [1.82, 2.24) is 0 Å². The SMILES string of the molecule is Cc1c(N)cccc1C1CCC(=O)C1. The summed E-state index contributed by atoms with van der Waals surface area (Å²) in [4.78, 5) is 11.2. The van der Waals surface area contributed by atoms with Crippen molar-refractivity contribution in [2.75, 3.05) is 5.73 Å². The molecule has 0 aliphatic heterocycles. The van der Waals surface area contributed by atoms with Gasteiger partial charge in [-0.2, -0.15) is 0 Å². The minimum Gasteiger partial charge on any atom is -0.399 e. The summed E-state index contributed by atoms with van der Waals surface area (Å²) < 4.78 is 0. The van der Waals surface area contributed by atoms with Gasteiger partial charge in [-0.25, -0.2) is 0 Å². The molecule has 1 aromatic rings. The summed E-state index contributed by atoms with van der Waals surface area (Å²) >= 11 is 0. The van der Waals surface area contributed by atoms with E-state index in [1.165, 1.54) is 5.56 Å². The van der Waals surface area contributed by atoms with Gasteiger partial charge in [0, 0.05) is 18.5 Å². The Kier molecular flexibility index (Phi) is 2.28. The van der Waals surface area contributed by atoms with E-state index in [0.29, 0.717) is 18.1 Å². The van der Waals surface area contributed by atoms with Crippen molar-refractivity contribution in [3.8, 4) is 0 Å². The molecule has 0 bridgehead atoms. The molecule has 1 aromatic carbocycles. The number of rotatable bonds is 1. The number of nitrogens with two attached hydrogens (primary N) is 1. The second-order valence-electron chi connectivity index (χ2n) is 4.04. The highest BCUT2D eigenvalue weighted by molar-refractivity contribution is 5.81. The molecule has 0 radical (unpaired) electrons. The Morgan fingerprint density at radius 1 is 1.43 bits per heavy atom. The Hall–Kier alpha value is -1.31. The molecule has 0 saturated heterocycles. The molecule has 1 unspecified atom stereocenters. The highest BCUT2D eigenvalue weighted by atomic mass is 16.1. The molecule has 2 nitrogen and oxygen atoms in total. The van der Waals surface area contributed by atoms with Crippen LogP contribution < -0.4 is 5.73 Å². The van der Waals surface area contributed by atoms with Crippen molar-refractivity contribution in [3.63, 3.8) is 0 Å². The number of carbonyl (C=O) groups is 1. The number of hydrogen-bond donors (Lipinski definition) is 1. The zero-order valence-corrected chi connectivity index (χ0v) is 8.42. The normalized spacial score (nSPS) is 21.5. The van der Waals surface area contributed by atoms with Gasteiger partial charge in [-0.05, 0) is 36.5 Å². The van der Waals surface area contributed by atoms with Crippen molar-refractivity contribution >= 4 is 11.5 Å². The summed E-state index contributed by atoms with van der Waals surface area (Å²) in [5.41, 5.74) is 9.08. The van der Waals surface area contributed by atoms with E-state index in [1.54, 1.807) is 0 Å². The fourth-order valence-corrected chi connectivity index (χ4v) is 2.19. The van der Waals surface area contributed by atoms with Gasteiger partial charge in [0.25, 0.3) is 0 Å². The third-order valence-corrected chi connectivity index (χ3v) is 3.10. The smallest absolute Gasteiger partial charge is 0.133 e. The number of nitrogen functional groups attached to an aromatic ring is 1. The Morgan fingerprint density at radius 2 is 2.21 bits per heavy atom. The fourth-order valence-electron chi connectivity index (χ4n) is 2.19. The molecule has 0 amide bonds. The highest BCUT2D eigenvalue weighted by Gasteiger charge is 2.24. The third kappa shape index (κ3) is 1.52. The predicted molar refractivity (Wildman–Crippen MR) is 57.2 cm³/mol. The van der Waals surface area contributed by atoms with Crippen LogP contribution in [0, 0.1) is 6.92 Å². The summed E-state index contributed by atoms with van der Waals surface area (Å²) in [5, 5.41) is 0. The molecule has 1 saturated carbocycles. The fraction of sp³-hybridized carbons (Fsp3) is 0.417. The van der Waals surface area contributed by atoms with Crippen LogP contribution in [0.1, 0.15) is 36.3 Å². The molecule has 1 aliphatic carbocycles. The second kappa shape index (κ2) is 3.45. The molecule has 0 aromatic heterocycles. The Balaban J connectivity index is 2.32. The van der Waals surface area contributed by atoms with Gasteiger partial charge in [0.15, 0.2) is 0 Å². The lowest BCUT2D eigenvalue weighted by molar-refractivity contribution is -0.117. The van der Waals surface area contributed by atoms with Crippen LogP contribution in [0.3, 0.4) is 0 Å². The summed E-state index contributed by atoms with van der Waals surface area (Å²) in [6.07, 6.45) is 2.42. The lowest BCUT2D eigenvalue weighted by Gasteiger charge is -2.13. The van der Waals surface area contributed by atoms with E-state index in [9.17, 15) is 4.79 Å². The molecule has 2 rings (SSSR count). The monoisotopic (exact) mass is 189 g/mol. The Morgan fingerprint density at radius 3 is 2.86 bits per heavy atom. The van der Waals surface area contributed by atoms with Crippen molar-refractivity contribution in [2.45, 2.75) is 32.1 Å². The first-order valence-electron chi connectivity index (χ1n) is 5.05. The standard InChI is InChI=1S/C12H15NO/c1-8-11(3-2-4-12(8)13)9-5-6-10(14)7-9/h2-4,9H,5-7,13H2,1H3. The lowest BCUT2D eigenvalue weighted by atomic mass is 9.93. The number of Topliss-reactive ketones (excluding diaryl/α,β-unsaturated/α-hetero) is 1. The number of benzene rings is 1. The van der Waals surface area contributed by atoms with Gasteiger partial charge >= 0.3 is 0 Å². The van der Waals surface area contributed by atoms with Crippen LogP contribution in [-0.4, -0.2) is 5.78 Å². The maximum absolute atomic E-state index is 11.2. The van der Waals surface area contributed by atoms with Crippen molar-refractivity contribution < 1.29 is 4.79 Å². The minimum atomic E-state index is 0.386. The van der Waals surface area contributed by atoms with Crippen LogP contribution in [0.25, 0.3) is 0 Å². The van der Waals surface area contributed by atoms with Crippen molar-refractivity contribution in [1.29, 1.82) is 0 Å². The van der Waals surface area contributed by atoms with Gasteiger partial charge in [0.2, 0.25) is 0 Å². The van der Waals surface area contributed by atoms with Gasteiger partial charge < -0.3 is 5.73 Å². The van der Waals surface area contributed by atoms with Crippen molar-refractivity contribution in [2.24, 2.45) is 0 Å². The molecule has 0 spiro atoms. The number of anilines is 1. The van der Waals surface area contributed by atoms with E-state index >= 15 is 0 Å². The van der Waals surface area contributed by atoms with E-state index in [4.69, 9.17) is 5.73 Å². The summed E-state index contributed by atoms with van der Waals surface area (Å²) in [6, 6.07) is 5.98. The van der Waals surface area contributed by atoms with E-state index in [2.05, 4.69) is 6.07 Å². The quantitative estimate of drug-likeness (QED) is 0.689. The predicted octanol–water partition coefficient (Wildman–Crippen LogP) is 2.41. The van der Waals surface area contributed by atoms with Crippen LogP contribution in [0.15, 0.2) is 18.2 Å². The zero-order valence-electron chi connectivity index (χ0n) is 8.42. The molecule has 1 atom stereocenters. The van der Waals surface area contributed by atoms with E-state index in [-0.39, 0.29) is 0 Å². The summed E-state index contributed by atoms with van der Waals surface area (Å²) in [6.45, 7) is 2.04. The lowest BCUT2D eigenvalue weighted by Crippen LogP contribution is -2.00. The average Bonchev–Trinajstić information content (AvgIpc) is 2.57. The molecule has 1 fully saturated rings. The first kappa shape index (κ1) is 9.25. The molecule has 2 heteroatoms. The maximum atomic E-state index is 11.2. The molecule has 74 valence electrons. The topological polar surface area (TPSA) is 43.1 Å². The molecule has 0 heterocycles. The number of ketones is 1. The van der Waals surface area contributed by atoms with Gasteiger partial charge in [0.1, 0.15) is 5.78 Å². The molecule has 14 heavy (non-hydrogen) atoms. The van der Waals surface area contributed by atoms with Gasteiger partial charge in [-0.15, -0.1) is 0 Å². The minimum absolute atomic E-state index is 0.386. The summed E-state index contributed by atoms with van der Waals surface area (Å²) in [7, 11) is 0. The van der Waals surface area contributed by atoms with Crippen LogP contribution in [-0.2, 0) is 4.79 Å². The highest BCUT2D eigenvalue weighted by Crippen LogP contribution is 2.35. The van der Waals surface area contributed by atoms with E-state index < -0.39 is 0 Å². The molecular formula is C12H15NO. The van der Waals surface area contributed by atoms with Gasteiger partial charge in [0.05, 0.1) is 0 Å². The van der Waals surface area contributed by atoms with E-state index in [1.807, 2.05) is 19.1 Å². The van der Waals surface area contributed by atoms with Crippen molar-refractivity contribution in [3.05, 3.63) is 29.3 Å². The van der Waals surface area contributed by atoms with Crippen LogP contribution in [0.2, 0.25) is 0 Å². The summed E-state index contributed by atoms with van der Waals surface area (Å²) in [5.74, 6) is 0.794. The van der Waals surface area contributed by atoms with Gasteiger partial charge in [-0.3, -0.25) is 4.79 Å². The Labute approximate surface area is 84.1 Å². The molecule has 2 N–H and O–H groups in total. The van der Waals surface area contributed by atoms with Gasteiger partial charge in [-0.1, -0.05) is 12.1 Å². The largest absolute Gasteiger partial charge is 0.399 e. The first-order valence-corrected chi connectivity index (χ1v) is 5.05. The van der Waals surface area contributed by atoms with E-state index in [0.717, 1.165) is 24.1 Å². The first-order chi connectivity index (χ1) is 6.68. The van der Waals surface area contributed by atoms with Crippen LogP contribution in [0.5, 0.6) is 0 Å². The third-order valence-electron chi connectivity index (χ3n) is 3.10. The molecule has 1 aliphatic rings. The Bertz CT molecular complexity index is 371. The van der Waals surface area contributed by atoms with Crippen LogP contribution in [0.4, 0.5) is 5.69 Å². The molecular weight excluding hydrogens is 174 g/mol. The maximum Gasteiger partial charge on any atom is 0.133 e. The average molecular weight is 189 g/mol. The number of carbonyl (C=O) groups excluding carboxylic acids is 1.